The molecule has 7 nitrogen and oxygen atoms in total. The highest BCUT2D eigenvalue weighted by atomic mass is 32.1. The van der Waals surface area contributed by atoms with E-state index in [1.165, 1.54) is 17.7 Å². The van der Waals surface area contributed by atoms with Gasteiger partial charge in [-0.1, -0.05) is 12.8 Å². The van der Waals surface area contributed by atoms with Crippen LogP contribution in [0, 0.1) is 6.92 Å². The number of carbonyl (C=O) groups is 1. The number of hydrogen-bond acceptors (Lipinski definition) is 5. The fourth-order valence-corrected chi connectivity index (χ4v) is 4.48. The number of nitrogens with zero attached hydrogens (tertiary/aromatic N) is 5. The Kier molecular flexibility index (Phi) is 8.09. The Morgan fingerprint density at radius 1 is 1.11 bits per heavy atom. The van der Waals surface area contributed by atoms with E-state index < -0.39 is 0 Å². The molecule has 1 N–H and O–H groups in total. The molecule has 2 aliphatic rings. The minimum atomic E-state index is 0.301. The van der Waals surface area contributed by atoms with Gasteiger partial charge in [-0.2, -0.15) is 0 Å². The van der Waals surface area contributed by atoms with E-state index in [1.807, 2.05) is 6.20 Å². The second kappa shape index (κ2) is 10.8. The Morgan fingerprint density at radius 3 is 2.43 bits per heavy atom. The van der Waals surface area contributed by atoms with E-state index in [2.05, 4.69) is 38.8 Å². The van der Waals surface area contributed by atoms with E-state index in [0.717, 1.165) is 69.6 Å². The van der Waals surface area contributed by atoms with Gasteiger partial charge in [-0.05, 0) is 26.7 Å². The average Bonchev–Trinajstić information content (AvgIpc) is 2.94. The summed E-state index contributed by atoms with van der Waals surface area (Å²) in [6.45, 7) is 11.7. The zero-order valence-electron chi connectivity index (χ0n) is 17.3. The fraction of sp³-hybridized carbons (Fsp3) is 0.750. The zero-order valence-corrected chi connectivity index (χ0v) is 18.1. The summed E-state index contributed by atoms with van der Waals surface area (Å²) in [5, 5.41) is 4.45. The van der Waals surface area contributed by atoms with Gasteiger partial charge in [-0.3, -0.25) is 9.69 Å². The Balaban J connectivity index is 1.48. The molecule has 0 unspecified atom stereocenters. The number of piperazine rings is 1. The largest absolute Gasteiger partial charge is 0.357 e. The molecule has 1 aromatic rings. The van der Waals surface area contributed by atoms with Gasteiger partial charge in [-0.15, -0.1) is 11.3 Å². The number of nitrogens with one attached hydrogen (secondary N) is 1. The molecule has 0 aromatic carbocycles. The van der Waals surface area contributed by atoms with Crippen LogP contribution in [0.25, 0.3) is 0 Å². The van der Waals surface area contributed by atoms with Crippen molar-refractivity contribution in [3.8, 4) is 0 Å². The van der Waals surface area contributed by atoms with Crippen molar-refractivity contribution in [3.63, 3.8) is 0 Å². The number of hydrogen-bond donors (Lipinski definition) is 1. The maximum atomic E-state index is 12.6. The topological polar surface area (TPSA) is 64.1 Å². The van der Waals surface area contributed by atoms with Gasteiger partial charge in [0, 0.05) is 56.9 Å². The molecule has 2 fully saturated rings. The maximum Gasteiger partial charge on any atom is 0.236 e. The minimum absolute atomic E-state index is 0.301. The average molecular weight is 407 g/mol. The summed E-state index contributed by atoms with van der Waals surface area (Å²) in [6, 6.07) is 0. The summed E-state index contributed by atoms with van der Waals surface area (Å²) >= 11 is 1.70. The molecule has 156 valence electrons. The third kappa shape index (κ3) is 6.17. The molecule has 1 aromatic heterocycles. The second-order valence-corrected chi connectivity index (χ2v) is 8.91. The number of thiazole rings is 1. The van der Waals surface area contributed by atoms with Gasteiger partial charge in [0.25, 0.3) is 0 Å². The van der Waals surface area contributed by atoms with Crippen LogP contribution in [0.5, 0.6) is 0 Å². The summed E-state index contributed by atoms with van der Waals surface area (Å²) in [6.07, 6.45) is 6.73. The zero-order chi connectivity index (χ0) is 19.8. The van der Waals surface area contributed by atoms with E-state index in [9.17, 15) is 4.79 Å². The van der Waals surface area contributed by atoms with Gasteiger partial charge in [0.1, 0.15) is 5.01 Å². The van der Waals surface area contributed by atoms with Crippen LogP contribution < -0.4 is 5.32 Å². The number of aromatic nitrogens is 1. The Labute approximate surface area is 172 Å². The van der Waals surface area contributed by atoms with Crippen molar-refractivity contribution < 1.29 is 4.79 Å². The first kappa shape index (κ1) is 21.0. The molecule has 0 atom stereocenters. The molecule has 0 spiro atoms. The lowest BCUT2D eigenvalue weighted by atomic mass is 10.2. The second-order valence-electron chi connectivity index (χ2n) is 7.59. The molecule has 0 bridgehead atoms. The lowest BCUT2D eigenvalue weighted by molar-refractivity contribution is -0.132. The highest BCUT2D eigenvalue weighted by molar-refractivity contribution is 7.11. The van der Waals surface area contributed by atoms with Crippen LogP contribution in [0.4, 0.5) is 0 Å². The summed E-state index contributed by atoms with van der Waals surface area (Å²) in [4.78, 5) is 29.7. The van der Waals surface area contributed by atoms with Gasteiger partial charge in [0.2, 0.25) is 5.91 Å². The summed E-state index contributed by atoms with van der Waals surface area (Å²) in [7, 11) is 0. The van der Waals surface area contributed by atoms with Crippen molar-refractivity contribution >= 4 is 23.2 Å². The van der Waals surface area contributed by atoms with Crippen LogP contribution in [-0.4, -0.2) is 83.9 Å². The van der Waals surface area contributed by atoms with Crippen LogP contribution in [0.1, 0.15) is 42.5 Å². The predicted octanol–water partition coefficient (Wildman–Crippen LogP) is 1.94. The minimum Gasteiger partial charge on any atom is -0.357 e. The number of rotatable bonds is 5. The number of aliphatic imine (C=N–C) groups is 1. The standard InChI is InChI=1S/C20H34N6OS/c1-3-21-20(23-15-18-22-14-17(2)28-18)26-12-10-24(11-13-26)16-19(27)25-8-6-4-5-7-9-25/h14H,3-13,15-16H2,1-2H3,(H,21,23). The van der Waals surface area contributed by atoms with Crippen molar-refractivity contribution in [2.24, 2.45) is 4.99 Å². The smallest absolute Gasteiger partial charge is 0.236 e. The number of guanidine groups is 1. The first-order valence-corrected chi connectivity index (χ1v) is 11.4. The molecular weight excluding hydrogens is 372 g/mol. The van der Waals surface area contributed by atoms with Gasteiger partial charge >= 0.3 is 0 Å². The molecule has 8 heteroatoms. The van der Waals surface area contributed by atoms with Crippen molar-refractivity contribution in [1.82, 2.24) is 25.0 Å². The van der Waals surface area contributed by atoms with Crippen LogP contribution in [0.3, 0.4) is 0 Å². The van der Waals surface area contributed by atoms with E-state index in [-0.39, 0.29) is 0 Å². The van der Waals surface area contributed by atoms with E-state index in [0.29, 0.717) is 19.0 Å². The third-order valence-electron chi connectivity index (χ3n) is 5.36. The Bertz CT molecular complexity index is 645. The fourth-order valence-electron chi connectivity index (χ4n) is 3.77. The van der Waals surface area contributed by atoms with Crippen LogP contribution in [-0.2, 0) is 11.3 Å². The van der Waals surface area contributed by atoms with Gasteiger partial charge in [-0.25, -0.2) is 9.98 Å². The number of amides is 1. The van der Waals surface area contributed by atoms with Crippen LogP contribution >= 0.6 is 11.3 Å². The molecule has 2 saturated heterocycles. The number of likely N-dealkylation sites (tertiary alicyclic amines) is 1. The molecule has 0 radical (unpaired) electrons. The molecule has 0 aliphatic carbocycles. The SMILES string of the molecule is CCNC(=NCc1ncc(C)s1)N1CCN(CC(=O)N2CCCCCC2)CC1. The van der Waals surface area contributed by atoms with Gasteiger partial charge in [0.15, 0.2) is 5.96 Å². The predicted molar refractivity (Wildman–Crippen MR) is 115 cm³/mol. The van der Waals surface area contributed by atoms with E-state index in [4.69, 9.17) is 4.99 Å². The maximum absolute atomic E-state index is 12.6. The normalized spacial score (nSPS) is 19.6. The number of carbonyl (C=O) groups excluding carboxylic acids is 1. The summed E-state index contributed by atoms with van der Waals surface area (Å²) in [5.41, 5.74) is 0. The highest BCUT2D eigenvalue weighted by Gasteiger charge is 2.23. The molecule has 0 saturated carbocycles. The van der Waals surface area contributed by atoms with E-state index in [1.54, 1.807) is 11.3 Å². The molecule has 2 aliphatic heterocycles. The summed E-state index contributed by atoms with van der Waals surface area (Å²) < 4.78 is 0. The molecular formula is C20H34N6OS. The van der Waals surface area contributed by atoms with Crippen LogP contribution in [0.15, 0.2) is 11.2 Å². The van der Waals surface area contributed by atoms with Gasteiger partial charge < -0.3 is 15.1 Å². The van der Waals surface area contributed by atoms with Crippen molar-refractivity contribution in [1.29, 1.82) is 0 Å². The van der Waals surface area contributed by atoms with Gasteiger partial charge in [0.05, 0.1) is 13.1 Å². The van der Waals surface area contributed by atoms with Crippen molar-refractivity contribution in [2.45, 2.75) is 46.1 Å². The first-order chi connectivity index (χ1) is 13.7. The first-order valence-electron chi connectivity index (χ1n) is 10.6. The highest BCUT2D eigenvalue weighted by Crippen LogP contribution is 2.13. The Hall–Kier alpha value is -1.67. The van der Waals surface area contributed by atoms with E-state index >= 15 is 0 Å². The van der Waals surface area contributed by atoms with Crippen LogP contribution in [0.2, 0.25) is 0 Å². The summed E-state index contributed by atoms with van der Waals surface area (Å²) in [5.74, 6) is 1.25. The molecule has 1 amide bonds. The lowest BCUT2D eigenvalue weighted by Crippen LogP contribution is -2.54. The Morgan fingerprint density at radius 2 is 1.82 bits per heavy atom. The monoisotopic (exact) mass is 406 g/mol. The molecule has 3 heterocycles. The quantitative estimate of drug-likeness (QED) is 0.598. The lowest BCUT2D eigenvalue weighted by Gasteiger charge is -2.37. The van der Waals surface area contributed by atoms with Crippen molar-refractivity contribution in [3.05, 3.63) is 16.1 Å². The van der Waals surface area contributed by atoms with Crippen molar-refractivity contribution in [2.75, 3.05) is 52.4 Å². The molecule has 28 heavy (non-hydrogen) atoms. The number of aryl methyl sites for hydroxylation is 1. The molecule has 3 rings (SSSR count). The third-order valence-corrected chi connectivity index (χ3v) is 6.26.